The third kappa shape index (κ3) is 2.69. The van der Waals surface area contributed by atoms with Gasteiger partial charge >= 0.3 is 0 Å². The molecular formula is C15H20N4O2. The molecule has 6 nitrogen and oxygen atoms in total. The molecule has 1 aromatic carbocycles. The molecule has 0 radical (unpaired) electrons. The van der Waals surface area contributed by atoms with E-state index in [1.807, 2.05) is 13.8 Å². The van der Waals surface area contributed by atoms with Crippen molar-refractivity contribution in [1.29, 1.82) is 0 Å². The molecule has 0 aliphatic rings. The van der Waals surface area contributed by atoms with Gasteiger partial charge in [-0.1, -0.05) is 13.0 Å². The summed E-state index contributed by atoms with van der Waals surface area (Å²) in [6.45, 7) is 4.28. The summed E-state index contributed by atoms with van der Waals surface area (Å²) in [6.07, 6.45) is 0.672. The number of rotatable bonds is 4. The Morgan fingerprint density at radius 1 is 1.43 bits per heavy atom. The van der Waals surface area contributed by atoms with Crippen molar-refractivity contribution in [2.45, 2.75) is 20.3 Å². The van der Waals surface area contributed by atoms with Gasteiger partial charge < -0.3 is 15.7 Å². The van der Waals surface area contributed by atoms with Crippen molar-refractivity contribution in [2.24, 2.45) is 7.05 Å². The van der Waals surface area contributed by atoms with Crippen LogP contribution in [-0.2, 0) is 13.5 Å². The smallest absolute Gasteiger partial charge is 0.278 e. The maximum absolute atomic E-state index is 12.8. The Morgan fingerprint density at radius 3 is 2.67 bits per heavy atom. The van der Waals surface area contributed by atoms with Crippen molar-refractivity contribution < 1.29 is 9.90 Å². The van der Waals surface area contributed by atoms with Crippen molar-refractivity contribution in [2.75, 3.05) is 17.2 Å². The van der Waals surface area contributed by atoms with Crippen LogP contribution in [0.1, 0.15) is 30.0 Å². The Labute approximate surface area is 123 Å². The predicted molar refractivity (Wildman–Crippen MR) is 82.5 cm³/mol. The summed E-state index contributed by atoms with van der Waals surface area (Å²) in [5.41, 5.74) is 8.17. The SMILES string of the molecule is CCc1nn(C)c(C(=O)N(CC)c2cccc(O)c2)c1N. The van der Waals surface area contributed by atoms with E-state index in [-0.39, 0.29) is 11.7 Å². The molecule has 0 saturated heterocycles. The maximum atomic E-state index is 12.8. The summed E-state index contributed by atoms with van der Waals surface area (Å²) in [5, 5.41) is 13.9. The lowest BCUT2D eigenvalue weighted by atomic mass is 10.2. The number of aromatic nitrogens is 2. The largest absolute Gasteiger partial charge is 0.508 e. The summed E-state index contributed by atoms with van der Waals surface area (Å²) in [7, 11) is 1.71. The van der Waals surface area contributed by atoms with E-state index in [1.54, 1.807) is 36.2 Å². The van der Waals surface area contributed by atoms with Crippen LogP contribution in [-0.4, -0.2) is 27.3 Å². The molecule has 21 heavy (non-hydrogen) atoms. The molecule has 0 bridgehead atoms. The van der Waals surface area contributed by atoms with Gasteiger partial charge in [-0.15, -0.1) is 0 Å². The zero-order valence-corrected chi connectivity index (χ0v) is 12.5. The standard InChI is InChI=1S/C15H20N4O2/c1-4-12-13(16)14(18(3)17-12)15(21)19(5-2)10-7-6-8-11(20)9-10/h6-9,20H,4-5,16H2,1-3H3. The number of aryl methyl sites for hydroxylation is 2. The minimum atomic E-state index is -0.227. The highest BCUT2D eigenvalue weighted by atomic mass is 16.3. The van der Waals surface area contributed by atoms with Crippen LogP contribution in [0, 0.1) is 0 Å². The predicted octanol–water partition coefficient (Wildman–Crippen LogP) is 1.94. The fourth-order valence-corrected chi connectivity index (χ4v) is 2.34. The van der Waals surface area contributed by atoms with Crippen molar-refractivity contribution in [3.63, 3.8) is 0 Å². The summed E-state index contributed by atoms with van der Waals surface area (Å²) in [4.78, 5) is 14.3. The number of nitrogens with zero attached hydrogens (tertiary/aromatic N) is 3. The van der Waals surface area contributed by atoms with Gasteiger partial charge in [-0.2, -0.15) is 5.10 Å². The fourth-order valence-electron chi connectivity index (χ4n) is 2.34. The van der Waals surface area contributed by atoms with E-state index < -0.39 is 0 Å². The van der Waals surface area contributed by atoms with E-state index in [4.69, 9.17) is 5.73 Å². The summed E-state index contributed by atoms with van der Waals surface area (Å²) in [6, 6.07) is 6.59. The van der Waals surface area contributed by atoms with Gasteiger partial charge in [0.15, 0.2) is 0 Å². The number of anilines is 2. The molecule has 0 atom stereocenters. The normalized spacial score (nSPS) is 10.6. The Bertz CT molecular complexity index is 664. The monoisotopic (exact) mass is 288 g/mol. The minimum absolute atomic E-state index is 0.117. The van der Waals surface area contributed by atoms with E-state index in [0.717, 1.165) is 0 Å². The van der Waals surface area contributed by atoms with Gasteiger partial charge in [-0.3, -0.25) is 9.48 Å². The van der Waals surface area contributed by atoms with Crippen molar-refractivity contribution in [3.8, 4) is 5.75 Å². The van der Waals surface area contributed by atoms with E-state index in [0.29, 0.717) is 35.7 Å². The van der Waals surface area contributed by atoms with Crippen LogP contribution in [0.4, 0.5) is 11.4 Å². The maximum Gasteiger partial charge on any atom is 0.278 e. The zero-order valence-electron chi connectivity index (χ0n) is 12.5. The molecule has 0 unspecified atom stereocenters. The van der Waals surface area contributed by atoms with Gasteiger partial charge in [0.2, 0.25) is 0 Å². The molecule has 2 aromatic rings. The third-order valence-electron chi connectivity index (χ3n) is 3.40. The van der Waals surface area contributed by atoms with Crippen LogP contribution in [0.3, 0.4) is 0 Å². The van der Waals surface area contributed by atoms with Crippen LogP contribution < -0.4 is 10.6 Å². The molecule has 0 saturated carbocycles. The van der Waals surface area contributed by atoms with Crippen LogP contribution in [0.2, 0.25) is 0 Å². The van der Waals surface area contributed by atoms with Crippen molar-refractivity contribution in [3.05, 3.63) is 35.7 Å². The quantitative estimate of drug-likeness (QED) is 0.900. The lowest BCUT2D eigenvalue weighted by molar-refractivity contribution is 0.0980. The molecule has 6 heteroatoms. The number of amides is 1. The molecule has 0 spiro atoms. The molecule has 2 rings (SSSR count). The van der Waals surface area contributed by atoms with Crippen molar-refractivity contribution in [1.82, 2.24) is 9.78 Å². The summed E-state index contributed by atoms with van der Waals surface area (Å²) < 4.78 is 1.52. The minimum Gasteiger partial charge on any atom is -0.508 e. The Kier molecular flexibility index (Phi) is 4.16. The molecule has 3 N–H and O–H groups in total. The number of hydrogen-bond donors (Lipinski definition) is 2. The van der Waals surface area contributed by atoms with Gasteiger partial charge in [-0.25, -0.2) is 0 Å². The first-order valence-electron chi connectivity index (χ1n) is 6.91. The van der Waals surface area contributed by atoms with E-state index in [9.17, 15) is 9.90 Å². The highest BCUT2D eigenvalue weighted by Crippen LogP contribution is 2.24. The molecule has 0 aliphatic carbocycles. The Hall–Kier alpha value is -2.50. The lowest BCUT2D eigenvalue weighted by Crippen LogP contribution is -2.32. The Morgan fingerprint density at radius 2 is 2.14 bits per heavy atom. The van der Waals surface area contributed by atoms with Gasteiger partial charge in [0.25, 0.3) is 5.91 Å². The second-order valence-electron chi connectivity index (χ2n) is 4.76. The first-order valence-corrected chi connectivity index (χ1v) is 6.91. The van der Waals surface area contributed by atoms with Crippen LogP contribution in [0.15, 0.2) is 24.3 Å². The number of hydrogen-bond acceptors (Lipinski definition) is 4. The topological polar surface area (TPSA) is 84.4 Å². The summed E-state index contributed by atoms with van der Waals surface area (Å²) >= 11 is 0. The van der Waals surface area contributed by atoms with Gasteiger partial charge in [-0.05, 0) is 25.5 Å². The van der Waals surface area contributed by atoms with Gasteiger partial charge in [0.1, 0.15) is 11.4 Å². The van der Waals surface area contributed by atoms with Crippen LogP contribution in [0.25, 0.3) is 0 Å². The Balaban J connectivity index is 2.44. The molecule has 1 amide bonds. The van der Waals surface area contributed by atoms with E-state index in [2.05, 4.69) is 5.10 Å². The first-order chi connectivity index (χ1) is 9.99. The highest BCUT2D eigenvalue weighted by Gasteiger charge is 2.24. The number of carbonyl (C=O) groups is 1. The number of nitrogen functional groups attached to an aromatic ring is 1. The van der Waals surface area contributed by atoms with Crippen LogP contribution in [0.5, 0.6) is 5.75 Å². The second kappa shape index (κ2) is 5.87. The van der Waals surface area contributed by atoms with E-state index >= 15 is 0 Å². The molecule has 112 valence electrons. The average molecular weight is 288 g/mol. The summed E-state index contributed by atoms with van der Waals surface area (Å²) in [5.74, 6) is -0.110. The fraction of sp³-hybridized carbons (Fsp3) is 0.333. The third-order valence-corrected chi connectivity index (χ3v) is 3.40. The van der Waals surface area contributed by atoms with E-state index in [1.165, 1.54) is 4.68 Å². The molecule has 0 aliphatic heterocycles. The number of benzene rings is 1. The van der Waals surface area contributed by atoms with Gasteiger partial charge in [0, 0.05) is 25.3 Å². The highest BCUT2D eigenvalue weighted by molar-refractivity contribution is 6.08. The van der Waals surface area contributed by atoms with Gasteiger partial charge in [0.05, 0.1) is 11.4 Å². The number of phenolic OH excluding ortho intramolecular Hbond substituents is 1. The number of nitrogens with two attached hydrogens (primary N) is 1. The number of phenols is 1. The molecule has 1 aromatic heterocycles. The average Bonchev–Trinajstić information content (AvgIpc) is 2.74. The zero-order chi connectivity index (χ0) is 15.6. The lowest BCUT2D eigenvalue weighted by Gasteiger charge is -2.21. The molecule has 1 heterocycles. The number of carbonyl (C=O) groups excluding carboxylic acids is 1. The number of aromatic hydroxyl groups is 1. The van der Waals surface area contributed by atoms with Crippen LogP contribution >= 0.6 is 0 Å². The molecule has 0 fully saturated rings. The first kappa shape index (κ1) is 14.9. The molecular weight excluding hydrogens is 268 g/mol. The second-order valence-corrected chi connectivity index (χ2v) is 4.76. The van der Waals surface area contributed by atoms with Crippen molar-refractivity contribution >= 4 is 17.3 Å².